The van der Waals surface area contributed by atoms with Crippen LogP contribution >= 0.6 is 0 Å². The Balaban J connectivity index is 4.35. The zero-order valence-corrected chi connectivity index (χ0v) is 7.35. The van der Waals surface area contributed by atoms with Gasteiger partial charge in [-0.3, -0.25) is 0 Å². The summed E-state index contributed by atoms with van der Waals surface area (Å²) >= 11 is 0. The van der Waals surface area contributed by atoms with Gasteiger partial charge in [-0.2, -0.15) is 0 Å². The highest BCUT2D eigenvalue weighted by Crippen LogP contribution is 2.05. The summed E-state index contributed by atoms with van der Waals surface area (Å²) in [5.41, 5.74) is 0. The van der Waals surface area contributed by atoms with Gasteiger partial charge in [-0.15, -0.1) is 0 Å². The molecule has 0 aromatic rings. The first-order valence-corrected chi connectivity index (χ1v) is 5.03. The summed E-state index contributed by atoms with van der Waals surface area (Å²) < 4.78 is 22.0. The first-order chi connectivity index (χ1) is 4.41. The SMILES string of the molecule is CCS(=O)(=O)C(C)C(C)O. The maximum absolute atomic E-state index is 11.0. The Morgan fingerprint density at radius 2 is 1.80 bits per heavy atom. The van der Waals surface area contributed by atoms with Crippen LogP contribution in [0.1, 0.15) is 20.8 Å². The van der Waals surface area contributed by atoms with Gasteiger partial charge in [-0.1, -0.05) is 6.92 Å². The molecule has 0 aliphatic heterocycles. The van der Waals surface area contributed by atoms with Gasteiger partial charge in [-0.05, 0) is 13.8 Å². The molecule has 0 aromatic heterocycles. The van der Waals surface area contributed by atoms with E-state index in [0.717, 1.165) is 0 Å². The highest BCUT2D eigenvalue weighted by Gasteiger charge is 2.22. The molecule has 0 fully saturated rings. The van der Waals surface area contributed by atoms with Gasteiger partial charge in [0.2, 0.25) is 0 Å². The van der Waals surface area contributed by atoms with Crippen molar-refractivity contribution < 1.29 is 13.5 Å². The van der Waals surface area contributed by atoms with Gasteiger partial charge >= 0.3 is 0 Å². The summed E-state index contributed by atoms with van der Waals surface area (Å²) in [5, 5.41) is 8.27. The molecule has 0 rings (SSSR count). The Labute approximate surface area is 62.0 Å². The summed E-state index contributed by atoms with van der Waals surface area (Å²) in [7, 11) is -3.05. The molecule has 62 valence electrons. The third-order valence-electron chi connectivity index (χ3n) is 1.65. The van der Waals surface area contributed by atoms with E-state index in [1.807, 2.05) is 0 Å². The van der Waals surface area contributed by atoms with Crippen LogP contribution in [0.15, 0.2) is 0 Å². The lowest BCUT2D eigenvalue weighted by atomic mass is 10.3. The topological polar surface area (TPSA) is 54.4 Å². The van der Waals surface area contributed by atoms with Crippen molar-refractivity contribution in [1.82, 2.24) is 0 Å². The molecule has 2 atom stereocenters. The molecule has 0 aromatic carbocycles. The second-order valence-electron chi connectivity index (χ2n) is 2.40. The van der Waals surface area contributed by atoms with Crippen LogP contribution in [0.4, 0.5) is 0 Å². The van der Waals surface area contributed by atoms with E-state index in [1.54, 1.807) is 6.92 Å². The van der Waals surface area contributed by atoms with Crippen molar-refractivity contribution in [2.45, 2.75) is 32.1 Å². The van der Waals surface area contributed by atoms with Crippen LogP contribution in [0, 0.1) is 0 Å². The Kier molecular flexibility index (Phi) is 3.31. The summed E-state index contributed by atoms with van der Waals surface area (Å²) in [5.74, 6) is 0.0963. The predicted molar refractivity (Wildman–Crippen MR) is 40.6 cm³/mol. The summed E-state index contributed by atoms with van der Waals surface area (Å²) in [4.78, 5) is 0. The lowest BCUT2D eigenvalue weighted by molar-refractivity contribution is 0.193. The van der Waals surface area contributed by atoms with Gasteiger partial charge in [-0.25, -0.2) is 8.42 Å². The molecule has 0 saturated carbocycles. The van der Waals surface area contributed by atoms with Crippen LogP contribution in [0.2, 0.25) is 0 Å². The molecular weight excluding hydrogens is 152 g/mol. The van der Waals surface area contributed by atoms with E-state index in [2.05, 4.69) is 0 Å². The average molecular weight is 166 g/mol. The minimum Gasteiger partial charge on any atom is -0.392 e. The van der Waals surface area contributed by atoms with Crippen molar-refractivity contribution in [1.29, 1.82) is 0 Å². The highest BCUT2D eigenvalue weighted by atomic mass is 32.2. The van der Waals surface area contributed by atoms with Crippen LogP contribution in [-0.4, -0.2) is 30.6 Å². The number of sulfone groups is 1. The molecule has 2 unspecified atom stereocenters. The average Bonchev–Trinajstić information content (AvgIpc) is 1.86. The van der Waals surface area contributed by atoms with E-state index in [4.69, 9.17) is 5.11 Å². The molecule has 0 spiro atoms. The molecule has 1 N–H and O–H groups in total. The first kappa shape index (κ1) is 9.91. The van der Waals surface area contributed by atoms with Gasteiger partial charge in [0.05, 0.1) is 11.4 Å². The van der Waals surface area contributed by atoms with Crippen molar-refractivity contribution in [2.24, 2.45) is 0 Å². The van der Waals surface area contributed by atoms with Gasteiger partial charge in [0.1, 0.15) is 0 Å². The van der Waals surface area contributed by atoms with Crippen LogP contribution in [0.3, 0.4) is 0 Å². The zero-order chi connectivity index (χ0) is 8.36. The van der Waals surface area contributed by atoms with E-state index in [1.165, 1.54) is 13.8 Å². The molecule has 0 radical (unpaired) electrons. The van der Waals surface area contributed by atoms with Crippen molar-refractivity contribution >= 4 is 9.84 Å². The quantitative estimate of drug-likeness (QED) is 0.651. The number of rotatable bonds is 3. The molecule has 0 heterocycles. The fourth-order valence-electron chi connectivity index (χ4n) is 0.563. The predicted octanol–water partition coefficient (Wildman–Crippen LogP) is 0.190. The molecule has 10 heavy (non-hydrogen) atoms. The smallest absolute Gasteiger partial charge is 0.155 e. The van der Waals surface area contributed by atoms with Crippen LogP contribution in [-0.2, 0) is 9.84 Å². The maximum Gasteiger partial charge on any atom is 0.155 e. The lowest BCUT2D eigenvalue weighted by Gasteiger charge is -2.13. The number of aliphatic hydroxyl groups is 1. The standard InChI is InChI=1S/C6H14O3S/c1-4-10(8,9)6(3)5(2)7/h5-7H,4H2,1-3H3. The minimum atomic E-state index is -3.05. The maximum atomic E-state index is 11.0. The monoisotopic (exact) mass is 166 g/mol. The van der Waals surface area contributed by atoms with E-state index in [0.29, 0.717) is 0 Å². The minimum absolute atomic E-state index is 0.0963. The molecular formula is C6H14O3S. The second kappa shape index (κ2) is 3.34. The number of hydrogen-bond acceptors (Lipinski definition) is 3. The third kappa shape index (κ3) is 2.27. The van der Waals surface area contributed by atoms with Gasteiger partial charge < -0.3 is 5.11 Å². The van der Waals surface area contributed by atoms with Crippen molar-refractivity contribution in [3.05, 3.63) is 0 Å². The molecule has 0 aliphatic carbocycles. The van der Waals surface area contributed by atoms with Crippen molar-refractivity contribution in [3.63, 3.8) is 0 Å². The molecule has 0 saturated heterocycles. The molecule has 4 heteroatoms. The fourth-order valence-corrected chi connectivity index (χ4v) is 1.69. The Hall–Kier alpha value is -0.0900. The Bertz CT molecular complexity index is 181. The summed E-state index contributed by atoms with van der Waals surface area (Å²) in [6.07, 6.45) is -0.773. The Morgan fingerprint density at radius 1 is 1.40 bits per heavy atom. The number of hydrogen-bond donors (Lipinski definition) is 1. The van der Waals surface area contributed by atoms with E-state index in [9.17, 15) is 8.42 Å². The van der Waals surface area contributed by atoms with Crippen molar-refractivity contribution in [3.8, 4) is 0 Å². The van der Waals surface area contributed by atoms with Gasteiger partial charge in [0.15, 0.2) is 9.84 Å². The third-order valence-corrected chi connectivity index (χ3v) is 3.98. The largest absolute Gasteiger partial charge is 0.392 e. The van der Waals surface area contributed by atoms with E-state index < -0.39 is 21.2 Å². The first-order valence-electron chi connectivity index (χ1n) is 3.31. The Morgan fingerprint density at radius 3 is 1.90 bits per heavy atom. The van der Waals surface area contributed by atoms with E-state index >= 15 is 0 Å². The van der Waals surface area contributed by atoms with Crippen LogP contribution in [0.5, 0.6) is 0 Å². The fraction of sp³-hybridized carbons (Fsp3) is 1.00. The lowest BCUT2D eigenvalue weighted by Crippen LogP contribution is -2.30. The second-order valence-corrected chi connectivity index (χ2v) is 5.04. The van der Waals surface area contributed by atoms with Gasteiger partial charge in [0, 0.05) is 5.75 Å². The molecule has 3 nitrogen and oxygen atoms in total. The van der Waals surface area contributed by atoms with Crippen LogP contribution < -0.4 is 0 Å². The number of aliphatic hydroxyl groups excluding tert-OH is 1. The summed E-state index contributed by atoms with van der Waals surface area (Å²) in [6, 6.07) is 0. The normalized spacial score (nSPS) is 18.4. The molecule has 0 amide bonds. The molecule has 0 aliphatic rings. The highest BCUT2D eigenvalue weighted by molar-refractivity contribution is 7.92. The van der Waals surface area contributed by atoms with E-state index in [-0.39, 0.29) is 5.75 Å². The van der Waals surface area contributed by atoms with Crippen LogP contribution in [0.25, 0.3) is 0 Å². The van der Waals surface area contributed by atoms with Gasteiger partial charge in [0.25, 0.3) is 0 Å². The zero-order valence-electron chi connectivity index (χ0n) is 6.53. The van der Waals surface area contributed by atoms with Crippen molar-refractivity contribution in [2.75, 3.05) is 5.75 Å². The molecule has 0 bridgehead atoms. The summed E-state index contributed by atoms with van der Waals surface area (Å²) in [6.45, 7) is 4.58.